The summed E-state index contributed by atoms with van der Waals surface area (Å²) in [4.78, 5) is 26.2. The number of pyridine rings is 1. The molecule has 0 radical (unpaired) electrons. The zero-order valence-electron chi connectivity index (χ0n) is 17.4. The highest BCUT2D eigenvalue weighted by molar-refractivity contribution is 6.40. The molecule has 3 heterocycles. The van der Waals surface area contributed by atoms with Crippen molar-refractivity contribution in [1.29, 1.82) is 0 Å². The van der Waals surface area contributed by atoms with Gasteiger partial charge in [0.1, 0.15) is 11.6 Å². The largest absolute Gasteiger partial charge is 0.433 e. The standard InChI is InChI=1S/C21H17Cl2F3N6O2/c22-13-2-1-3-14(23)18(13)19(33)28-12-4-5-27-16(10-12)30-17-11-15(21(24,25)26)29-20(31-17)32-6-8-34-9-7-32/h1-5,10-11H,6-9H2,(H2,27,28,29,30,31,33). The first-order valence-corrected chi connectivity index (χ1v) is 10.7. The van der Waals surface area contributed by atoms with Crippen LogP contribution in [-0.2, 0) is 10.9 Å². The van der Waals surface area contributed by atoms with Gasteiger partial charge in [-0.15, -0.1) is 0 Å². The van der Waals surface area contributed by atoms with E-state index in [1.54, 1.807) is 11.0 Å². The van der Waals surface area contributed by atoms with Crippen LogP contribution in [0.2, 0.25) is 10.0 Å². The Morgan fingerprint density at radius 3 is 2.41 bits per heavy atom. The van der Waals surface area contributed by atoms with Crippen molar-refractivity contribution >= 4 is 52.4 Å². The number of ether oxygens (including phenoxy) is 1. The van der Waals surface area contributed by atoms with Crippen LogP contribution >= 0.6 is 23.2 Å². The summed E-state index contributed by atoms with van der Waals surface area (Å²) in [5.74, 6) is -0.570. The van der Waals surface area contributed by atoms with E-state index >= 15 is 0 Å². The fourth-order valence-corrected chi connectivity index (χ4v) is 3.73. The average Bonchev–Trinajstić information content (AvgIpc) is 2.79. The SMILES string of the molecule is O=C(Nc1ccnc(Nc2cc(C(F)(F)F)nc(N3CCOCC3)n2)c1)c1c(Cl)cccc1Cl. The van der Waals surface area contributed by atoms with Gasteiger partial charge in [0.2, 0.25) is 5.95 Å². The Morgan fingerprint density at radius 1 is 1.03 bits per heavy atom. The minimum absolute atomic E-state index is 0.0709. The van der Waals surface area contributed by atoms with Gasteiger partial charge in [-0.1, -0.05) is 29.3 Å². The number of aromatic nitrogens is 3. The molecule has 1 fully saturated rings. The maximum absolute atomic E-state index is 13.4. The summed E-state index contributed by atoms with van der Waals surface area (Å²) in [5.41, 5.74) is -0.681. The third-order valence-corrected chi connectivity index (χ3v) is 5.39. The molecule has 0 aliphatic carbocycles. The number of nitrogens with zero attached hydrogens (tertiary/aromatic N) is 4. The highest BCUT2D eigenvalue weighted by atomic mass is 35.5. The molecule has 2 aromatic heterocycles. The Balaban J connectivity index is 1.58. The molecular formula is C21H17Cl2F3N6O2. The number of amides is 1. The molecule has 1 aliphatic heterocycles. The normalized spacial score (nSPS) is 14.1. The molecule has 1 saturated heterocycles. The van der Waals surface area contributed by atoms with Gasteiger partial charge < -0.3 is 20.3 Å². The van der Waals surface area contributed by atoms with E-state index in [0.717, 1.165) is 6.07 Å². The van der Waals surface area contributed by atoms with Gasteiger partial charge in [0.25, 0.3) is 5.91 Å². The van der Waals surface area contributed by atoms with Crippen molar-refractivity contribution in [2.45, 2.75) is 6.18 Å². The van der Waals surface area contributed by atoms with Gasteiger partial charge in [0.15, 0.2) is 5.69 Å². The number of carbonyl (C=O) groups is 1. The molecule has 1 aliphatic rings. The third kappa shape index (κ3) is 5.66. The molecule has 0 atom stereocenters. The summed E-state index contributed by atoms with van der Waals surface area (Å²) in [5, 5.41) is 5.74. The lowest BCUT2D eigenvalue weighted by Crippen LogP contribution is -2.37. The minimum atomic E-state index is -4.67. The summed E-state index contributed by atoms with van der Waals surface area (Å²) in [6.07, 6.45) is -3.29. The Kier molecular flexibility index (Phi) is 7.05. The minimum Gasteiger partial charge on any atom is -0.378 e. The van der Waals surface area contributed by atoms with Gasteiger partial charge in [0.05, 0.1) is 28.8 Å². The highest BCUT2D eigenvalue weighted by Gasteiger charge is 2.34. The zero-order valence-corrected chi connectivity index (χ0v) is 18.9. The number of hydrogen-bond donors (Lipinski definition) is 2. The van der Waals surface area contributed by atoms with Crippen LogP contribution < -0.4 is 15.5 Å². The average molecular weight is 513 g/mol. The first-order chi connectivity index (χ1) is 16.2. The number of alkyl halides is 3. The van der Waals surface area contributed by atoms with Gasteiger partial charge in [0, 0.05) is 37.1 Å². The van der Waals surface area contributed by atoms with Crippen molar-refractivity contribution < 1.29 is 22.7 Å². The summed E-state index contributed by atoms with van der Waals surface area (Å²) < 4.78 is 45.6. The molecule has 3 aromatic rings. The molecule has 0 unspecified atom stereocenters. The van der Waals surface area contributed by atoms with Gasteiger partial charge in [-0.3, -0.25) is 4.79 Å². The molecule has 2 N–H and O–H groups in total. The van der Waals surface area contributed by atoms with Crippen LogP contribution in [0.15, 0.2) is 42.6 Å². The summed E-state index contributed by atoms with van der Waals surface area (Å²) in [6.45, 7) is 1.46. The number of halogens is 5. The number of anilines is 4. The second kappa shape index (κ2) is 10.00. The first-order valence-electron chi connectivity index (χ1n) is 9.98. The second-order valence-electron chi connectivity index (χ2n) is 7.14. The predicted molar refractivity (Wildman–Crippen MR) is 122 cm³/mol. The number of carbonyl (C=O) groups excluding carboxylic acids is 1. The van der Waals surface area contributed by atoms with E-state index in [1.165, 1.54) is 30.5 Å². The highest BCUT2D eigenvalue weighted by Crippen LogP contribution is 2.31. The molecule has 1 amide bonds. The molecular weight excluding hydrogens is 496 g/mol. The molecule has 178 valence electrons. The number of nitrogens with one attached hydrogen (secondary N) is 2. The molecule has 4 rings (SSSR count). The number of rotatable bonds is 5. The molecule has 34 heavy (non-hydrogen) atoms. The van der Waals surface area contributed by atoms with Crippen molar-refractivity contribution in [2.75, 3.05) is 41.8 Å². The van der Waals surface area contributed by atoms with E-state index in [2.05, 4.69) is 25.6 Å². The molecule has 8 nitrogen and oxygen atoms in total. The fraction of sp³-hybridized carbons (Fsp3) is 0.238. The number of benzene rings is 1. The molecule has 1 aromatic carbocycles. The lowest BCUT2D eigenvalue weighted by atomic mass is 10.2. The van der Waals surface area contributed by atoms with Crippen LogP contribution in [0.25, 0.3) is 0 Å². The molecule has 0 bridgehead atoms. The quantitative estimate of drug-likeness (QED) is 0.495. The summed E-state index contributed by atoms with van der Waals surface area (Å²) in [6, 6.07) is 8.40. The van der Waals surface area contributed by atoms with Crippen molar-refractivity contribution in [1.82, 2.24) is 15.0 Å². The van der Waals surface area contributed by atoms with E-state index in [4.69, 9.17) is 27.9 Å². The number of morpholine rings is 1. The monoisotopic (exact) mass is 512 g/mol. The smallest absolute Gasteiger partial charge is 0.378 e. The van der Waals surface area contributed by atoms with E-state index in [9.17, 15) is 18.0 Å². The zero-order chi connectivity index (χ0) is 24.3. The van der Waals surface area contributed by atoms with Crippen molar-refractivity contribution in [2.24, 2.45) is 0 Å². The van der Waals surface area contributed by atoms with Crippen LogP contribution in [0, 0.1) is 0 Å². The van der Waals surface area contributed by atoms with E-state index in [-0.39, 0.29) is 33.2 Å². The second-order valence-corrected chi connectivity index (χ2v) is 7.96. The van der Waals surface area contributed by atoms with Gasteiger partial charge >= 0.3 is 6.18 Å². The van der Waals surface area contributed by atoms with Crippen LogP contribution in [0.5, 0.6) is 0 Å². The Hall–Kier alpha value is -3.15. The lowest BCUT2D eigenvalue weighted by molar-refractivity contribution is -0.141. The Morgan fingerprint density at radius 2 is 1.74 bits per heavy atom. The summed E-state index contributed by atoms with van der Waals surface area (Å²) in [7, 11) is 0. The molecule has 13 heteroatoms. The Labute approximate surface area is 202 Å². The molecule has 0 spiro atoms. The van der Waals surface area contributed by atoms with Crippen LogP contribution in [0.1, 0.15) is 16.1 Å². The van der Waals surface area contributed by atoms with E-state index in [0.29, 0.717) is 32.0 Å². The Bertz CT molecular complexity index is 1190. The van der Waals surface area contributed by atoms with Crippen molar-refractivity contribution in [3.8, 4) is 0 Å². The van der Waals surface area contributed by atoms with Gasteiger partial charge in [-0.2, -0.15) is 18.2 Å². The predicted octanol–water partition coefficient (Wildman–Crippen LogP) is 5.03. The van der Waals surface area contributed by atoms with E-state index < -0.39 is 17.8 Å². The van der Waals surface area contributed by atoms with E-state index in [1.807, 2.05) is 0 Å². The topological polar surface area (TPSA) is 92.3 Å². The maximum atomic E-state index is 13.4. The van der Waals surface area contributed by atoms with Crippen LogP contribution in [0.3, 0.4) is 0 Å². The van der Waals surface area contributed by atoms with Crippen molar-refractivity contribution in [3.63, 3.8) is 0 Å². The van der Waals surface area contributed by atoms with Crippen LogP contribution in [-0.4, -0.2) is 47.2 Å². The maximum Gasteiger partial charge on any atom is 0.433 e. The third-order valence-electron chi connectivity index (χ3n) is 4.76. The van der Waals surface area contributed by atoms with Crippen molar-refractivity contribution in [3.05, 3.63) is 63.9 Å². The summed E-state index contributed by atoms with van der Waals surface area (Å²) >= 11 is 12.1. The van der Waals surface area contributed by atoms with Gasteiger partial charge in [-0.25, -0.2) is 9.97 Å². The fourth-order valence-electron chi connectivity index (χ4n) is 3.16. The molecule has 0 saturated carbocycles. The van der Waals surface area contributed by atoms with Gasteiger partial charge in [-0.05, 0) is 18.2 Å². The van der Waals surface area contributed by atoms with Crippen LogP contribution in [0.4, 0.5) is 36.4 Å². The first kappa shape index (κ1) is 24.0. The lowest BCUT2D eigenvalue weighted by Gasteiger charge is -2.27. The number of hydrogen-bond acceptors (Lipinski definition) is 7.